The Labute approximate surface area is 132 Å². The van der Waals surface area contributed by atoms with Crippen LogP contribution in [0.2, 0.25) is 0 Å². The highest BCUT2D eigenvalue weighted by Gasteiger charge is 2.36. The first-order valence-corrected chi connectivity index (χ1v) is 8.84. The molecule has 1 atom stereocenters. The zero-order valence-electron chi connectivity index (χ0n) is 12.4. The topological polar surface area (TPSA) is 64.4 Å². The summed E-state index contributed by atoms with van der Waals surface area (Å²) < 4.78 is 7.04. The highest BCUT2D eigenvalue weighted by molar-refractivity contribution is 7.99. The number of ether oxygens (including phenoxy) is 1. The Bertz CT molecular complexity index is 650. The summed E-state index contributed by atoms with van der Waals surface area (Å²) in [5.74, 6) is 1.09. The van der Waals surface area contributed by atoms with Crippen LogP contribution < -0.4 is 5.56 Å². The molecule has 0 N–H and O–H groups in total. The van der Waals surface area contributed by atoms with Crippen LogP contribution in [-0.2, 0) is 11.3 Å². The van der Waals surface area contributed by atoms with Crippen molar-refractivity contribution in [3.63, 3.8) is 0 Å². The van der Waals surface area contributed by atoms with Crippen LogP contribution >= 0.6 is 11.8 Å². The molecule has 1 unspecified atom stereocenters. The van der Waals surface area contributed by atoms with Crippen molar-refractivity contribution in [1.29, 1.82) is 0 Å². The molecule has 1 aliphatic carbocycles. The molecule has 1 aromatic heterocycles. The molecule has 0 radical (unpaired) electrons. The van der Waals surface area contributed by atoms with Crippen molar-refractivity contribution in [2.75, 3.05) is 25.5 Å². The predicted molar refractivity (Wildman–Crippen MR) is 82.2 cm³/mol. The number of thioether (sulfide) groups is 1. The number of rotatable bonds is 4. The molecular weight excluding hydrogens is 302 g/mol. The number of aromatic nitrogens is 2. The third-order valence-corrected chi connectivity index (χ3v) is 5.49. The molecule has 7 heteroatoms. The summed E-state index contributed by atoms with van der Waals surface area (Å²) in [7, 11) is 0. The van der Waals surface area contributed by atoms with Crippen LogP contribution in [0.3, 0.4) is 0 Å². The molecule has 118 valence electrons. The third-order valence-electron chi connectivity index (χ3n) is 4.51. The number of hydrogen-bond donors (Lipinski definition) is 0. The lowest BCUT2D eigenvalue weighted by Gasteiger charge is -2.25. The van der Waals surface area contributed by atoms with Crippen LogP contribution in [0.1, 0.15) is 29.6 Å². The molecule has 1 amide bonds. The van der Waals surface area contributed by atoms with Gasteiger partial charge in [0, 0.05) is 43.6 Å². The van der Waals surface area contributed by atoms with Crippen LogP contribution in [-0.4, -0.2) is 51.9 Å². The van der Waals surface area contributed by atoms with E-state index in [1.54, 1.807) is 16.3 Å². The lowest BCUT2D eigenvalue weighted by Crippen LogP contribution is -2.41. The second kappa shape index (κ2) is 5.70. The van der Waals surface area contributed by atoms with E-state index < -0.39 is 0 Å². The maximum Gasteiger partial charge on any atom is 0.267 e. The molecule has 0 bridgehead atoms. The maximum absolute atomic E-state index is 12.9. The normalized spacial score (nSPS) is 23.5. The molecule has 1 saturated heterocycles. The lowest BCUT2D eigenvalue weighted by molar-refractivity contribution is 0.0703. The fourth-order valence-corrected chi connectivity index (χ4v) is 4.02. The van der Waals surface area contributed by atoms with E-state index in [4.69, 9.17) is 4.74 Å². The fraction of sp³-hybridized carbons (Fsp3) is 0.667. The van der Waals surface area contributed by atoms with Crippen molar-refractivity contribution in [3.05, 3.63) is 22.1 Å². The van der Waals surface area contributed by atoms with E-state index in [9.17, 15) is 9.59 Å². The first kappa shape index (κ1) is 14.3. The van der Waals surface area contributed by atoms with Crippen molar-refractivity contribution in [2.24, 2.45) is 5.92 Å². The summed E-state index contributed by atoms with van der Waals surface area (Å²) in [5, 5.41) is 0.726. The standard InChI is InChI=1S/C15H19N3O3S/c19-13-12(7-16-15-17(13)4-6-22-15)14(20)18(11-1-2-11)8-10-3-5-21-9-10/h7,10-11H,1-6,8-9H2. The van der Waals surface area contributed by atoms with E-state index in [0.717, 1.165) is 36.8 Å². The van der Waals surface area contributed by atoms with Gasteiger partial charge in [0.05, 0.1) is 6.61 Å². The summed E-state index contributed by atoms with van der Waals surface area (Å²) in [5.41, 5.74) is 0.0328. The minimum Gasteiger partial charge on any atom is -0.381 e. The predicted octanol–water partition coefficient (Wildman–Crippen LogP) is 0.990. The Morgan fingerprint density at radius 1 is 1.45 bits per heavy atom. The van der Waals surface area contributed by atoms with Gasteiger partial charge in [0.15, 0.2) is 5.16 Å². The van der Waals surface area contributed by atoms with E-state index in [2.05, 4.69) is 4.98 Å². The van der Waals surface area contributed by atoms with Gasteiger partial charge >= 0.3 is 0 Å². The number of nitrogens with zero attached hydrogens (tertiary/aromatic N) is 3. The molecule has 2 aliphatic heterocycles. The van der Waals surface area contributed by atoms with Gasteiger partial charge in [-0.25, -0.2) is 4.98 Å². The van der Waals surface area contributed by atoms with Gasteiger partial charge in [-0.2, -0.15) is 0 Å². The maximum atomic E-state index is 12.9. The smallest absolute Gasteiger partial charge is 0.267 e. The van der Waals surface area contributed by atoms with Gasteiger partial charge < -0.3 is 9.64 Å². The summed E-state index contributed by atoms with van der Waals surface area (Å²) in [6.07, 6.45) is 4.54. The molecule has 0 spiro atoms. The molecule has 1 saturated carbocycles. The Kier molecular flexibility index (Phi) is 3.69. The number of carbonyl (C=O) groups excluding carboxylic acids is 1. The second-order valence-corrected chi connectivity index (χ2v) is 7.24. The summed E-state index contributed by atoms with van der Waals surface area (Å²) in [6, 6.07) is 0.292. The van der Waals surface area contributed by atoms with Gasteiger partial charge in [0.1, 0.15) is 5.56 Å². The first-order chi connectivity index (χ1) is 10.7. The van der Waals surface area contributed by atoms with Crippen LogP contribution in [0.15, 0.2) is 16.1 Å². The minimum absolute atomic E-state index is 0.154. The van der Waals surface area contributed by atoms with Gasteiger partial charge in [-0.1, -0.05) is 11.8 Å². The average molecular weight is 321 g/mol. The second-order valence-electron chi connectivity index (χ2n) is 6.18. The molecule has 0 aromatic carbocycles. The van der Waals surface area contributed by atoms with Crippen LogP contribution in [0.4, 0.5) is 0 Å². The molecule has 6 nitrogen and oxygen atoms in total. The van der Waals surface area contributed by atoms with Gasteiger partial charge in [0.25, 0.3) is 11.5 Å². The van der Waals surface area contributed by atoms with E-state index >= 15 is 0 Å². The van der Waals surface area contributed by atoms with E-state index in [-0.39, 0.29) is 17.0 Å². The van der Waals surface area contributed by atoms with Crippen LogP contribution in [0, 0.1) is 5.92 Å². The zero-order valence-corrected chi connectivity index (χ0v) is 13.2. The van der Waals surface area contributed by atoms with E-state index in [1.807, 2.05) is 4.90 Å². The van der Waals surface area contributed by atoms with Crippen molar-refractivity contribution in [2.45, 2.75) is 37.0 Å². The van der Waals surface area contributed by atoms with Gasteiger partial charge in [-0.3, -0.25) is 14.2 Å². The zero-order chi connectivity index (χ0) is 15.1. The first-order valence-electron chi connectivity index (χ1n) is 7.85. The largest absolute Gasteiger partial charge is 0.381 e. The molecule has 4 rings (SSSR count). The fourth-order valence-electron chi connectivity index (χ4n) is 3.11. The van der Waals surface area contributed by atoms with Gasteiger partial charge in [-0.15, -0.1) is 0 Å². The quantitative estimate of drug-likeness (QED) is 0.774. The Balaban J connectivity index is 1.60. The van der Waals surface area contributed by atoms with Crippen LogP contribution in [0.5, 0.6) is 0 Å². The summed E-state index contributed by atoms with van der Waals surface area (Å²) in [6.45, 7) is 2.83. The van der Waals surface area contributed by atoms with Crippen molar-refractivity contribution < 1.29 is 9.53 Å². The van der Waals surface area contributed by atoms with Gasteiger partial charge in [-0.05, 0) is 19.3 Å². The summed E-state index contributed by atoms with van der Waals surface area (Å²) >= 11 is 1.57. The van der Waals surface area contributed by atoms with Crippen molar-refractivity contribution in [1.82, 2.24) is 14.5 Å². The van der Waals surface area contributed by atoms with Crippen LogP contribution in [0.25, 0.3) is 0 Å². The minimum atomic E-state index is -0.187. The number of fused-ring (bicyclic) bond motifs is 1. The summed E-state index contributed by atoms with van der Waals surface area (Å²) in [4.78, 5) is 31.6. The molecule has 22 heavy (non-hydrogen) atoms. The Hall–Kier alpha value is -1.34. The SMILES string of the molecule is O=C(c1cnc2n(c1=O)CCS2)N(CC1CCOC1)C1CC1. The number of amides is 1. The third kappa shape index (κ3) is 2.56. The highest BCUT2D eigenvalue weighted by atomic mass is 32.2. The highest BCUT2D eigenvalue weighted by Crippen LogP contribution is 2.30. The molecule has 1 aromatic rings. The Morgan fingerprint density at radius 2 is 2.32 bits per heavy atom. The average Bonchev–Trinajstić information content (AvgIpc) is 3.02. The molecule has 2 fully saturated rings. The van der Waals surface area contributed by atoms with Crippen molar-refractivity contribution in [3.8, 4) is 0 Å². The Morgan fingerprint density at radius 3 is 3.05 bits per heavy atom. The van der Waals surface area contributed by atoms with Gasteiger partial charge in [0.2, 0.25) is 0 Å². The monoisotopic (exact) mass is 321 g/mol. The number of hydrogen-bond acceptors (Lipinski definition) is 5. The lowest BCUT2D eigenvalue weighted by atomic mass is 10.1. The van der Waals surface area contributed by atoms with Crippen molar-refractivity contribution >= 4 is 17.7 Å². The number of carbonyl (C=O) groups is 1. The molecule has 3 aliphatic rings. The molecular formula is C15H19N3O3S. The molecule has 3 heterocycles. The van der Waals surface area contributed by atoms with E-state index in [0.29, 0.717) is 31.7 Å². The van der Waals surface area contributed by atoms with E-state index in [1.165, 1.54) is 6.20 Å².